The number of pyridine rings is 1. The highest BCUT2D eigenvalue weighted by molar-refractivity contribution is 7.93. The molecule has 0 aliphatic carbocycles. The van der Waals surface area contributed by atoms with E-state index in [1.165, 1.54) is 128 Å². The third-order valence-corrected chi connectivity index (χ3v) is 43.7. The van der Waals surface area contributed by atoms with E-state index in [1.807, 2.05) is 42.6 Å². The van der Waals surface area contributed by atoms with Gasteiger partial charge >= 0.3 is 0 Å². The van der Waals surface area contributed by atoms with E-state index in [1.54, 1.807) is 90.2 Å². The number of aromatic nitrogens is 1. The van der Waals surface area contributed by atoms with Gasteiger partial charge in [0.2, 0.25) is 0 Å². The maximum Gasteiger partial charge on any atom is 0.152 e. The molecule has 0 unspecified atom stereocenters. The summed E-state index contributed by atoms with van der Waals surface area (Å²) in [5.74, 6) is 6.88. The van der Waals surface area contributed by atoms with Crippen LogP contribution in [0.2, 0.25) is 10.0 Å². The van der Waals surface area contributed by atoms with Crippen LogP contribution in [-0.4, -0.2) is 205 Å². The van der Waals surface area contributed by atoms with Gasteiger partial charge in [0.15, 0.2) is 59.0 Å². The number of unbranched alkanes of at least 4 members (excludes halogenated alkanes) is 24. The van der Waals surface area contributed by atoms with Crippen molar-refractivity contribution in [1.29, 1.82) is 0 Å². The molecule has 5 aromatic carbocycles. The van der Waals surface area contributed by atoms with Crippen molar-refractivity contribution in [2.24, 2.45) is 23.7 Å². The lowest BCUT2D eigenvalue weighted by molar-refractivity contribution is -0.00563. The van der Waals surface area contributed by atoms with Crippen LogP contribution in [0.1, 0.15) is 377 Å². The highest BCUT2D eigenvalue weighted by Crippen LogP contribution is 2.33. The summed E-state index contributed by atoms with van der Waals surface area (Å²) in [5, 5.41) is -0.0344. The minimum Gasteiger partial charge on any atom is -0.495 e. The van der Waals surface area contributed by atoms with E-state index in [4.69, 9.17) is 37.4 Å². The summed E-state index contributed by atoms with van der Waals surface area (Å²) in [4.78, 5) is 14.4. The van der Waals surface area contributed by atoms with Gasteiger partial charge in [0.25, 0.3) is 0 Å². The molecule has 856 valence electrons. The van der Waals surface area contributed by atoms with Gasteiger partial charge in [-0.15, -0.1) is 0 Å². The molecular weight excluding hydrogens is 2040 g/mol. The second kappa shape index (κ2) is 71.7. The van der Waals surface area contributed by atoms with E-state index in [0.29, 0.717) is 45.3 Å². The maximum absolute atomic E-state index is 11.8. The molecular formula is C122H203Cl2N5O15S6. The number of ether oxygens (including phenoxy) is 3. The van der Waals surface area contributed by atoms with Crippen molar-refractivity contribution in [2.75, 3.05) is 114 Å². The summed E-state index contributed by atoms with van der Waals surface area (Å²) in [6.07, 6.45) is 43.5. The number of morpholine rings is 2. The van der Waals surface area contributed by atoms with Gasteiger partial charge in [0, 0.05) is 80.6 Å². The summed E-state index contributed by atoms with van der Waals surface area (Å²) in [6.45, 7) is 47.4. The first kappa shape index (κ1) is 135. The molecule has 0 N–H and O–H groups in total. The van der Waals surface area contributed by atoms with Gasteiger partial charge in [-0.2, -0.15) is 0 Å². The van der Waals surface area contributed by atoms with Crippen LogP contribution in [0.4, 0.5) is 22.9 Å². The Bertz CT molecular complexity index is 4880. The van der Waals surface area contributed by atoms with Gasteiger partial charge in [-0.05, 0) is 363 Å². The van der Waals surface area contributed by atoms with Crippen LogP contribution in [0.25, 0.3) is 0 Å². The normalized spacial score (nSPS) is 18.5. The molecule has 5 heterocycles. The van der Waals surface area contributed by atoms with E-state index < -0.39 is 59.0 Å². The molecule has 1 aromatic heterocycles. The molecule has 150 heavy (non-hydrogen) atoms. The summed E-state index contributed by atoms with van der Waals surface area (Å²) in [5.41, 5.74) is 12.0. The zero-order valence-corrected chi connectivity index (χ0v) is 103. The number of nitrogens with zero attached hydrogens (tertiary/aromatic N) is 5. The van der Waals surface area contributed by atoms with Crippen LogP contribution in [0.3, 0.4) is 0 Å². The Balaban J connectivity index is 0.000000317. The predicted octanol–water partition coefficient (Wildman–Crippen LogP) is 28.9. The maximum atomic E-state index is 11.8. The first-order valence-corrected chi connectivity index (χ1v) is 68.8. The Kier molecular flexibility index (Phi) is 64.5. The Morgan fingerprint density at radius 3 is 0.767 bits per heavy atom. The molecule has 4 aliphatic rings. The number of anilines is 4. The fourth-order valence-corrected chi connectivity index (χ4v) is 26.8. The lowest BCUT2D eigenvalue weighted by atomic mass is 9.91. The van der Waals surface area contributed by atoms with Gasteiger partial charge in [-0.3, -0.25) is 0 Å². The number of hydrogen-bond acceptors (Lipinski definition) is 20. The number of methoxy groups -OCH3 is 1. The molecule has 0 bridgehead atoms. The second-order valence-electron chi connectivity index (χ2n) is 45.8. The molecule has 4 saturated heterocycles. The van der Waals surface area contributed by atoms with Crippen molar-refractivity contribution < 1.29 is 64.7 Å². The zero-order chi connectivity index (χ0) is 111. The van der Waals surface area contributed by atoms with Crippen molar-refractivity contribution >= 4 is 105 Å². The lowest BCUT2D eigenvalue weighted by Crippen LogP contribution is -2.45. The summed E-state index contributed by atoms with van der Waals surface area (Å²) in [6, 6.07) is 45.4. The topological polar surface area (TPSA) is 258 Å². The Labute approximate surface area is 925 Å². The van der Waals surface area contributed by atoms with Gasteiger partial charge in [0.1, 0.15) is 11.6 Å². The van der Waals surface area contributed by atoms with Crippen LogP contribution in [0.15, 0.2) is 134 Å². The van der Waals surface area contributed by atoms with Gasteiger partial charge < -0.3 is 33.8 Å². The highest BCUT2D eigenvalue weighted by atomic mass is 35.5. The molecule has 10 rings (SSSR count). The van der Waals surface area contributed by atoms with Crippen molar-refractivity contribution in [2.45, 2.75) is 438 Å². The second-order valence-corrected chi connectivity index (χ2v) is 62.7. The minimum absolute atomic E-state index is 0.239. The summed E-state index contributed by atoms with van der Waals surface area (Å²) in [7, 11) is -15.6. The molecule has 4 fully saturated rings. The third-order valence-electron chi connectivity index (χ3n) is 29.4. The number of benzene rings is 5. The third kappa shape index (κ3) is 56.1. The number of aryl methyl sites for hydroxylation is 6. The quantitative estimate of drug-likeness (QED) is 0.0321. The molecule has 0 saturated carbocycles. The number of piperidine rings is 2. The van der Waals surface area contributed by atoms with Crippen LogP contribution in [0.5, 0.6) is 5.75 Å². The van der Waals surface area contributed by atoms with Crippen molar-refractivity contribution in [3.05, 3.63) is 177 Å². The van der Waals surface area contributed by atoms with Crippen molar-refractivity contribution in [3.8, 4) is 5.75 Å². The average Bonchev–Trinajstić information content (AvgIpc) is 0.845. The largest absolute Gasteiger partial charge is 0.495 e. The fraction of sp³-hybridized carbons (Fsp3) is 0.713. The molecule has 8 atom stereocenters. The minimum atomic E-state index is -2.87. The molecule has 0 amide bonds. The number of hydrogen-bond donors (Lipinski definition) is 0. The molecule has 28 heteroatoms. The van der Waals surface area contributed by atoms with Gasteiger partial charge in [0.05, 0.1) is 103 Å². The summed E-state index contributed by atoms with van der Waals surface area (Å²) >= 11 is 12.0. The smallest absolute Gasteiger partial charge is 0.152 e. The van der Waals surface area contributed by atoms with Crippen LogP contribution >= 0.6 is 23.2 Å². The van der Waals surface area contributed by atoms with E-state index in [0.717, 1.165) is 253 Å². The first-order valence-electron chi connectivity index (χ1n) is 57.8. The lowest BCUT2D eigenvalue weighted by Gasteiger charge is -2.36. The molecule has 0 spiro atoms. The number of rotatable bonds is 59. The number of sulfone groups is 6. The Morgan fingerprint density at radius 1 is 0.280 bits per heavy atom. The predicted molar refractivity (Wildman–Crippen MR) is 642 cm³/mol. The highest BCUT2D eigenvalue weighted by Gasteiger charge is 2.29. The van der Waals surface area contributed by atoms with E-state index in [-0.39, 0.29) is 55.9 Å². The van der Waals surface area contributed by atoms with Crippen LogP contribution in [0, 0.1) is 23.7 Å². The standard InChI is InChI=1S/2C23H39NO2S.C22H37NO3S.C21H36N2O3S.C17H27ClO3S.C16H25ClO2S/c2*1-19(2)27(25,26)15-9-7-5-6-8-10-22-11-13-23(14-12-22)24-17-20(3)16-21(4)18-24;1-18(2)27(24,25)15-9-7-5-6-8-10-21-11-13-22(14-12-21)23-16-19(3)26-20(4)17-23;1-17(2)27(24,25)13-9-7-5-6-8-10-20-11-12-21(22-14-20)23-15-18(3)26-19(4)16-23;1-14(2)22(19,20)12-8-6-4-5-7-9-15-10-11-17(21-3)16(18)13-15;1-14(2)20(18,19)12-7-5-3-4-6-9-15-10-8-11-16(17)13-15/h2*11-14,19-21H,5-10,15-18H2,1-4H3;11-14,18-20H,5-10,15-17H2,1-4H3;11-12,14,17-19H,5-10,13,15-16H2,1-4H3;10-11,13-14H,4-9,12H2,1-3H3;8,10-11,13-14H,3-7,9,12H2,1-2H3/t20-,21+;20-,21-;19-,20-;18-,19+;;/m.11.../s1. The Hall–Kier alpha value is -5.55. The van der Waals surface area contributed by atoms with E-state index >= 15 is 0 Å². The van der Waals surface area contributed by atoms with E-state index in [2.05, 4.69) is 171 Å². The molecule has 6 aromatic rings. The number of halogens is 2. The zero-order valence-electron chi connectivity index (χ0n) is 96.6. The fourth-order valence-electron chi connectivity index (χ4n) is 19.8. The molecule has 0 radical (unpaired) electrons. The van der Waals surface area contributed by atoms with Gasteiger partial charge in [-0.1, -0.05) is 227 Å². The average molecular weight is 2240 g/mol. The monoisotopic (exact) mass is 2240 g/mol. The van der Waals surface area contributed by atoms with E-state index in [9.17, 15) is 50.5 Å². The molecule has 4 aliphatic heterocycles. The first-order chi connectivity index (χ1) is 70.9. The van der Waals surface area contributed by atoms with Crippen molar-refractivity contribution in [3.63, 3.8) is 0 Å². The van der Waals surface area contributed by atoms with Crippen LogP contribution < -0.4 is 24.3 Å². The van der Waals surface area contributed by atoms with Gasteiger partial charge in [-0.25, -0.2) is 55.5 Å². The van der Waals surface area contributed by atoms with Crippen LogP contribution in [-0.2, 0) is 107 Å². The SMILES string of the molecule is CC(C)S(=O)(=O)CCCCCCCc1ccc(N2C[C@@H](C)O[C@@H](C)C2)nc1.CC(C)S(=O)(=O)CCCCCCCc1ccc(N2C[C@@H](C)O[C@H](C)C2)cc1.CC(C)S(=O)(=O)CCCCCCCc1ccc(N2C[C@H](C)C[C@@H](C)C2)cc1.CC(C)S(=O)(=O)CCCCCCCc1ccc(N2C[C@H](C)C[C@H](C)C2)cc1.CC(C)S(=O)(=O)CCCCCCCc1cccc(Cl)c1.COc1ccc(CCCCCCCS(=O)(=O)C(C)C)cc1Cl. The van der Waals surface area contributed by atoms with Crippen molar-refractivity contribution in [1.82, 2.24) is 4.98 Å². The Morgan fingerprint density at radius 2 is 0.513 bits per heavy atom. The summed E-state index contributed by atoms with van der Waals surface area (Å²) < 4.78 is 157. The molecule has 20 nitrogen and oxygen atoms in total.